The van der Waals surface area contributed by atoms with Crippen molar-refractivity contribution in [2.45, 2.75) is 26.3 Å². The summed E-state index contributed by atoms with van der Waals surface area (Å²) in [5, 5.41) is 9.11. The predicted molar refractivity (Wildman–Crippen MR) is 63.4 cm³/mol. The van der Waals surface area contributed by atoms with E-state index in [2.05, 4.69) is 16.5 Å². The van der Waals surface area contributed by atoms with E-state index in [1.807, 2.05) is 6.20 Å². The second kappa shape index (κ2) is 4.99. The number of phenolic OH excluding ortho intramolecular Hbond substituents is 1. The summed E-state index contributed by atoms with van der Waals surface area (Å²) < 4.78 is 15.2. The van der Waals surface area contributed by atoms with Crippen molar-refractivity contribution < 1.29 is 9.50 Å². The Balaban J connectivity index is 2.19. The van der Waals surface area contributed by atoms with Gasteiger partial charge >= 0.3 is 0 Å². The zero-order valence-electron chi connectivity index (χ0n) is 9.73. The molecule has 90 valence electrons. The van der Waals surface area contributed by atoms with Gasteiger partial charge in [-0.1, -0.05) is 13.0 Å². The number of imidazole rings is 1. The highest BCUT2D eigenvalue weighted by atomic mass is 19.1. The normalized spacial score (nSPS) is 10.7. The molecule has 0 aliphatic heterocycles. The van der Waals surface area contributed by atoms with Crippen LogP contribution in [0.15, 0.2) is 30.6 Å². The molecule has 1 heterocycles. The molecule has 0 bridgehead atoms. The van der Waals surface area contributed by atoms with Crippen LogP contribution in [0, 0.1) is 5.82 Å². The molecule has 1 aromatic heterocycles. The van der Waals surface area contributed by atoms with Crippen molar-refractivity contribution in [2.75, 3.05) is 0 Å². The third-order valence-corrected chi connectivity index (χ3v) is 2.64. The molecule has 0 saturated heterocycles. The lowest BCUT2D eigenvalue weighted by Gasteiger charge is -2.06. The summed E-state index contributed by atoms with van der Waals surface area (Å²) in [5.41, 5.74) is 0.809. The van der Waals surface area contributed by atoms with Gasteiger partial charge in [0.25, 0.3) is 0 Å². The third kappa shape index (κ3) is 2.64. The van der Waals surface area contributed by atoms with Gasteiger partial charge < -0.3 is 9.67 Å². The molecule has 2 aromatic rings. The Kier molecular flexibility index (Phi) is 3.42. The van der Waals surface area contributed by atoms with Gasteiger partial charge in [-0.05, 0) is 24.1 Å². The van der Waals surface area contributed by atoms with E-state index >= 15 is 0 Å². The van der Waals surface area contributed by atoms with Crippen LogP contribution in [-0.4, -0.2) is 14.7 Å². The Morgan fingerprint density at radius 1 is 1.41 bits per heavy atom. The molecule has 0 radical (unpaired) electrons. The summed E-state index contributed by atoms with van der Waals surface area (Å²) in [5.74, 6) is 0.0127. The molecule has 0 saturated carbocycles. The average molecular weight is 234 g/mol. The maximum atomic E-state index is 13.2. The van der Waals surface area contributed by atoms with E-state index in [1.165, 1.54) is 12.1 Å². The van der Waals surface area contributed by atoms with Crippen molar-refractivity contribution in [2.24, 2.45) is 0 Å². The molecule has 3 nitrogen and oxygen atoms in total. The van der Waals surface area contributed by atoms with E-state index in [-0.39, 0.29) is 5.75 Å². The maximum Gasteiger partial charge on any atom is 0.165 e. The van der Waals surface area contributed by atoms with Gasteiger partial charge in [0, 0.05) is 25.4 Å². The first-order valence-electron chi connectivity index (χ1n) is 5.68. The molecule has 0 fully saturated rings. The summed E-state index contributed by atoms with van der Waals surface area (Å²) in [7, 11) is 0. The molecular formula is C13H15FN2O. The molecule has 17 heavy (non-hydrogen) atoms. The van der Waals surface area contributed by atoms with Crippen LogP contribution < -0.4 is 0 Å². The van der Waals surface area contributed by atoms with Crippen molar-refractivity contribution in [3.63, 3.8) is 0 Å². The van der Waals surface area contributed by atoms with Gasteiger partial charge in [0.15, 0.2) is 11.6 Å². The van der Waals surface area contributed by atoms with Crippen LogP contribution in [0.1, 0.15) is 24.7 Å². The van der Waals surface area contributed by atoms with E-state index in [0.717, 1.165) is 24.4 Å². The van der Waals surface area contributed by atoms with Crippen molar-refractivity contribution in [1.82, 2.24) is 9.55 Å². The number of halogens is 1. The van der Waals surface area contributed by atoms with Crippen LogP contribution in [0.5, 0.6) is 5.75 Å². The summed E-state index contributed by atoms with van der Waals surface area (Å²) in [6.45, 7) is 3.01. The van der Waals surface area contributed by atoms with Crippen molar-refractivity contribution in [3.05, 3.63) is 47.8 Å². The Labute approximate surface area is 99.5 Å². The Morgan fingerprint density at radius 2 is 2.24 bits per heavy atom. The number of phenols is 1. The molecule has 0 unspecified atom stereocenters. The molecule has 4 heteroatoms. The fourth-order valence-electron chi connectivity index (χ4n) is 1.79. The minimum Gasteiger partial charge on any atom is -0.505 e. The van der Waals surface area contributed by atoms with Crippen LogP contribution in [-0.2, 0) is 13.0 Å². The molecule has 0 amide bonds. The number of hydrogen-bond acceptors (Lipinski definition) is 2. The molecule has 0 aliphatic rings. The SMILES string of the molecule is CCCn1ccnc1Cc1ccc(O)c(F)c1. The zero-order valence-corrected chi connectivity index (χ0v) is 9.73. The van der Waals surface area contributed by atoms with E-state index in [4.69, 9.17) is 5.11 Å². The Morgan fingerprint density at radius 3 is 2.94 bits per heavy atom. The number of rotatable bonds is 4. The topological polar surface area (TPSA) is 38.0 Å². The fraction of sp³-hybridized carbons (Fsp3) is 0.308. The van der Waals surface area contributed by atoms with Gasteiger partial charge in [-0.25, -0.2) is 9.37 Å². The van der Waals surface area contributed by atoms with Crippen molar-refractivity contribution in [3.8, 4) is 5.75 Å². The minimum absolute atomic E-state index is 0.314. The van der Waals surface area contributed by atoms with Gasteiger partial charge in [-0.15, -0.1) is 0 Å². The molecule has 2 rings (SSSR count). The summed E-state index contributed by atoms with van der Waals surface area (Å²) in [4.78, 5) is 4.26. The second-order valence-electron chi connectivity index (χ2n) is 4.00. The first-order valence-corrected chi connectivity index (χ1v) is 5.68. The predicted octanol–water partition coefficient (Wildman–Crippen LogP) is 2.73. The highest BCUT2D eigenvalue weighted by Gasteiger charge is 2.06. The van der Waals surface area contributed by atoms with Crippen LogP contribution in [0.4, 0.5) is 4.39 Å². The highest BCUT2D eigenvalue weighted by molar-refractivity contribution is 5.29. The van der Waals surface area contributed by atoms with Crippen LogP contribution in [0.2, 0.25) is 0 Å². The van der Waals surface area contributed by atoms with Crippen molar-refractivity contribution >= 4 is 0 Å². The van der Waals surface area contributed by atoms with Crippen LogP contribution >= 0.6 is 0 Å². The number of aromatic hydroxyl groups is 1. The van der Waals surface area contributed by atoms with Crippen LogP contribution in [0.25, 0.3) is 0 Å². The molecule has 0 aliphatic carbocycles. The van der Waals surface area contributed by atoms with Gasteiger partial charge in [0.05, 0.1) is 0 Å². The average Bonchev–Trinajstić information content (AvgIpc) is 2.72. The first kappa shape index (κ1) is 11.6. The van der Waals surface area contributed by atoms with Gasteiger partial charge in [-0.3, -0.25) is 0 Å². The number of nitrogens with zero attached hydrogens (tertiary/aromatic N) is 2. The fourth-order valence-corrected chi connectivity index (χ4v) is 1.79. The number of benzene rings is 1. The van der Waals surface area contributed by atoms with E-state index < -0.39 is 5.82 Å². The minimum atomic E-state index is -0.587. The van der Waals surface area contributed by atoms with Crippen molar-refractivity contribution in [1.29, 1.82) is 0 Å². The van der Waals surface area contributed by atoms with E-state index in [1.54, 1.807) is 12.3 Å². The Hall–Kier alpha value is -1.84. The molecule has 0 spiro atoms. The summed E-state index contributed by atoms with van der Waals surface area (Å²) in [6.07, 6.45) is 5.29. The largest absolute Gasteiger partial charge is 0.505 e. The summed E-state index contributed by atoms with van der Waals surface area (Å²) >= 11 is 0. The molecular weight excluding hydrogens is 219 g/mol. The highest BCUT2D eigenvalue weighted by Crippen LogP contribution is 2.18. The molecule has 1 aromatic carbocycles. The smallest absolute Gasteiger partial charge is 0.165 e. The quantitative estimate of drug-likeness (QED) is 0.883. The Bertz CT molecular complexity index is 508. The van der Waals surface area contributed by atoms with Gasteiger partial charge in [0.2, 0.25) is 0 Å². The van der Waals surface area contributed by atoms with E-state index in [0.29, 0.717) is 6.42 Å². The number of aromatic nitrogens is 2. The maximum absolute atomic E-state index is 13.2. The van der Waals surface area contributed by atoms with Gasteiger partial charge in [-0.2, -0.15) is 0 Å². The van der Waals surface area contributed by atoms with E-state index in [9.17, 15) is 4.39 Å². The lowest BCUT2D eigenvalue weighted by Crippen LogP contribution is -2.03. The monoisotopic (exact) mass is 234 g/mol. The second-order valence-corrected chi connectivity index (χ2v) is 4.00. The standard InChI is InChI=1S/C13H15FN2O/c1-2-6-16-7-5-15-13(16)9-10-3-4-12(17)11(14)8-10/h3-5,7-8,17H,2,6,9H2,1H3. The number of hydrogen-bond donors (Lipinski definition) is 1. The zero-order chi connectivity index (χ0) is 12.3. The molecule has 1 N–H and O–H groups in total. The first-order chi connectivity index (χ1) is 8.20. The number of aryl methyl sites for hydroxylation is 1. The van der Waals surface area contributed by atoms with Gasteiger partial charge in [0.1, 0.15) is 5.82 Å². The lowest BCUT2D eigenvalue weighted by molar-refractivity contribution is 0.432. The lowest BCUT2D eigenvalue weighted by atomic mass is 10.1. The van der Waals surface area contributed by atoms with Crippen LogP contribution in [0.3, 0.4) is 0 Å². The third-order valence-electron chi connectivity index (χ3n) is 2.64. The molecule has 0 atom stereocenters. The summed E-state index contributed by atoms with van der Waals surface area (Å²) in [6, 6.07) is 4.43.